The molecule has 1 aliphatic heterocycles. The highest BCUT2D eigenvalue weighted by Gasteiger charge is 2.29. The number of hydrogen-bond acceptors (Lipinski definition) is 3. The second kappa shape index (κ2) is 7.03. The molecule has 0 radical (unpaired) electrons. The van der Waals surface area contributed by atoms with Gasteiger partial charge >= 0.3 is 12.0 Å². The van der Waals surface area contributed by atoms with Crippen molar-refractivity contribution in [2.75, 3.05) is 25.1 Å². The van der Waals surface area contributed by atoms with Gasteiger partial charge in [-0.1, -0.05) is 13.8 Å². The minimum Gasteiger partial charge on any atom is -0.480 e. The van der Waals surface area contributed by atoms with E-state index in [0.29, 0.717) is 19.5 Å². The number of amides is 2. The zero-order valence-electron chi connectivity index (χ0n) is 11.9. The second-order valence-corrected chi connectivity index (χ2v) is 6.76. The molecule has 0 aromatic rings. The van der Waals surface area contributed by atoms with Gasteiger partial charge in [0.25, 0.3) is 0 Å². The van der Waals surface area contributed by atoms with Crippen LogP contribution in [0.1, 0.15) is 33.1 Å². The van der Waals surface area contributed by atoms with Gasteiger partial charge in [0.2, 0.25) is 0 Å². The number of likely N-dealkylation sites (tertiary alicyclic amines) is 1. The highest BCUT2D eigenvalue weighted by Crippen LogP contribution is 2.29. The summed E-state index contributed by atoms with van der Waals surface area (Å²) in [6.45, 7) is 5.79. The highest BCUT2D eigenvalue weighted by atomic mass is 32.2. The quantitative estimate of drug-likeness (QED) is 0.812. The van der Waals surface area contributed by atoms with Crippen molar-refractivity contribution in [2.45, 2.75) is 39.2 Å². The number of aliphatic carboxylic acids is 1. The molecule has 1 fully saturated rings. The van der Waals surface area contributed by atoms with Gasteiger partial charge < -0.3 is 15.3 Å². The van der Waals surface area contributed by atoms with E-state index in [0.717, 1.165) is 18.6 Å². The third-order valence-electron chi connectivity index (χ3n) is 3.61. The van der Waals surface area contributed by atoms with Gasteiger partial charge in [-0.25, -0.2) is 9.59 Å². The first-order valence-corrected chi connectivity index (χ1v) is 8.02. The van der Waals surface area contributed by atoms with Crippen LogP contribution in [-0.4, -0.2) is 53.1 Å². The van der Waals surface area contributed by atoms with E-state index >= 15 is 0 Å². The molecule has 0 bridgehead atoms. The molecule has 1 aliphatic rings. The predicted molar refractivity (Wildman–Crippen MR) is 77.5 cm³/mol. The molecule has 0 unspecified atom stereocenters. The summed E-state index contributed by atoms with van der Waals surface area (Å²) in [5.74, 6) is -0.232. The van der Waals surface area contributed by atoms with Crippen LogP contribution >= 0.6 is 11.8 Å². The average Bonchev–Trinajstić information content (AvgIpc) is 2.33. The maximum Gasteiger partial charge on any atom is 0.326 e. The highest BCUT2D eigenvalue weighted by molar-refractivity contribution is 7.98. The van der Waals surface area contributed by atoms with E-state index in [4.69, 9.17) is 5.11 Å². The van der Waals surface area contributed by atoms with Gasteiger partial charge in [-0.15, -0.1) is 0 Å². The van der Waals surface area contributed by atoms with Crippen molar-refractivity contribution in [3.8, 4) is 0 Å². The third-order valence-corrected chi connectivity index (χ3v) is 4.25. The molecule has 5 nitrogen and oxygen atoms in total. The summed E-state index contributed by atoms with van der Waals surface area (Å²) in [6.07, 6.45) is 4.31. The largest absolute Gasteiger partial charge is 0.480 e. The van der Waals surface area contributed by atoms with Crippen LogP contribution in [0.4, 0.5) is 4.79 Å². The van der Waals surface area contributed by atoms with E-state index in [1.807, 2.05) is 6.26 Å². The number of piperidine rings is 1. The predicted octanol–water partition coefficient (Wildman–Crippen LogP) is 2.02. The van der Waals surface area contributed by atoms with Crippen molar-refractivity contribution in [1.29, 1.82) is 0 Å². The summed E-state index contributed by atoms with van der Waals surface area (Å²) >= 11 is 1.58. The molecule has 0 aromatic carbocycles. The lowest BCUT2D eigenvalue weighted by molar-refractivity contribution is -0.139. The van der Waals surface area contributed by atoms with Gasteiger partial charge in [-0.3, -0.25) is 0 Å². The smallest absolute Gasteiger partial charge is 0.326 e. The normalized spacial score (nSPS) is 19.8. The van der Waals surface area contributed by atoms with Gasteiger partial charge in [0, 0.05) is 13.1 Å². The van der Waals surface area contributed by atoms with E-state index in [1.165, 1.54) is 0 Å². The fraction of sp³-hybridized carbons (Fsp3) is 0.846. The minimum absolute atomic E-state index is 0.246. The lowest BCUT2D eigenvalue weighted by Gasteiger charge is -2.37. The first-order valence-electron chi connectivity index (χ1n) is 6.63. The Morgan fingerprint density at radius 2 is 1.95 bits per heavy atom. The van der Waals surface area contributed by atoms with E-state index in [2.05, 4.69) is 19.2 Å². The molecule has 6 heteroatoms. The molecule has 0 aliphatic carbocycles. The number of carbonyl (C=O) groups excluding carboxylic acids is 1. The molecule has 19 heavy (non-hydrogen) atoms. The van der Waals surface area contributed by atoms with Crippen LogP contribution in [0, 0.1) is 5.41 Å². The van der Waals surface area contributed by atoms with Gasteiger partial charge in [-0.2, -0.15) is 11.8 Å². The van der Waals surface area contributed by atoms with Crippen molar-refractivity contribution in [3.63, 3.8) is 0 Å². The van der Waals surface area contributed by atoms with Crippen LogP contribution in [0.5, 0.6) is 0 Å². The number of hydrogen-bond donors (Lipinski definition) is 2. The Hall–Kier alpha value is -0.910. The molecular weight excluding hydrogens is 264 g/mol. The fourth-order valence-corrected chi connectivity index (χ4v) is 2.52. The molecule has 2 N–H and O–H groups in total. The molecule has 1 saturated heterocycles. The molecular formula is C13H24N2O3S. The first kappa shape index (κ1) is 16.1. The monoisotopic (exact) mass is 288 g/mol. The molecule has 110 valence electrons. The van der Waals surface area contributed by atoms with Crippen LogP contribution in [-0.2, 0) is 4.79 Å². The Balaban J connectivity index is 2.46. The number of nitrogens with one attached hydrogen (secondary N) is 1. The van der Waals surface area contributed by atoms with Gasteiger partial charge in [0.05, 0.1) is 0 Å². The Labute approximate surface area is 119 Å². The third kappa shape index (κ3) is 5.30. The van der Waals surface area contributed by atoms with Crippen molar-refractivity contribution in [3.05, 3.63) is 0 Å². The van der Waals surface area contributed by atoms with Crippen LogP contribution in [0.2, 0.25) is 0 Å². The van der Waals surface area contributed by atoms with Crippen LogP contribution in [0.3, 0.4) is 0 Å². The summed E-state index contributed by atoms with van der Waals surface area (Å²) in [5, 5.41) is 11.7. The van der Waals surface area contributed by atoms with Gasteiger partial charge in [0.15, 0.2) is 0 Å². The SMILES string of the molecule is CSCC[C@@H](NC(=O)N1CCC(C)(C)CC1)C(=O)O. The topological polar surface area (TPSA) is 69.6 Å². The number of thioether (sulfide) groups is 1. The van der Waals surface area contributed by atoms with Crippen molar-refractivity contribution in [1.82, 2.24) is 10.2 Å². The van der Waals surface area contributed by atoms with E-state index < -0.39 is 12.0 Å². The number of nitrogens with zero attached hydrogens (tertiary/aromatic N) is 1. The summed E-state index contributed by atoms with van der Waals surface area (Å²) in [7, 11) is 0. The Morgan fingerprint density at radius 3 is 2.42 bits per heavy atom. The number of urea groups is 1. The zero-order chi connectivity index (χ0) is 14.5. The average molecular weight is 288 g/mol. The molecule has 1 heterocycles. The Morgan fingerprint density at radius 1 is 1.37 bits per heavy atom. The molecule has 2 amide bonds. The zero-order valence-corrected chi connectivity index (χ0v) is 12.8. The summed E-state index contributed by atoms with van der Waals surface area (Å²) in [5.41, 5.74) is 0.280. The maximum atomic E-state index is 12.0. The van der Waals surface area contributed by atoms with Crippen molar-refractivity contribution < 1.29 is 14.7 Å². The number of carboxylic acids is 1. The van der Waals surface area contributed by atoms with Crippen LogP contribution in [0.25, 0.3) is 0 Å². The van der Waals surface area contributed by atoms with E-state index in [9.17, 15) is 9.59 Å². The van der Waals surface area contributed by atoms with E-state index in [1.54, 1.807) is 16.7 Å². The number of carboxylic acid groups (broad SMARTS) is 1. The lowest BCUT2D eigenvalue weighted by Crippen LogP contribution is -2.51. The van der Waals surface area contributed by atoms with Gasteiger partial charge in [-0.05, 0) is 36.7 Å². The summed E-state index contributed by atoms with van der Waals surface area (Å²) < 4.78 is 0. The van der Waals surface area contributed by atoms with Gasteiger partial charge in [0.1, 0.15) is 6.04 Å². The summed E-state index contributed by atoms with van der Waals surface area (Å²) in [4.78, 5) is 24.8. The standard InChI is InChI=1S/C13H24N2O3S/c1-13(2)5-7-15(8-6-13)12(18)14-10(11(16)17)4-9-19-3/h10H,4-9H2,1-3H3,(H,14,18)(H,16,17)/t10-/m1/s1. The van der Waals surface area contributed by atoms with Crippen molar-refractivity contribution in [2.24, 2.45) is 5.41 Å². The molecule has 1 atom stereocenters. The van der Waals surface area contributed by atoms with Crippen molar-refractivity contribution >= 4 is 23.8 Å². The molecule has 0 saturated carbocycles. The number of carbonyl (C=O) groups is 2. The Kier molecular flexibility index (Phi) is 5.97. The minimum atomic E-state index is -0.959. The van der Waals surface area contributed by atoms with Crippen LogP contribution < -0.4 is 5.32 Å². The molecule has 0 aromatic heterocycles. The maximum absolute atomic E-state index is 12.0. The molecule has 0 spiro atoms. The number of rotatable bonds is 5. The Bertz CT molecular complexity index is 324. The fourth-order valence-electron chi connectivity index (χ4n) is 2.05. The summed E-state index contributed by atoms with van der Waals surface area (Å²) in [6, 6.07) is -1.03. The first-order chi connectivity index (χ1) is 8.85. The molecule has 1 rings (SSSR count). The lowest BCUT2D eigenvalue weighted by atomic mass is 9.83. The second-order valence-electron chi connectivity index (χ2n) is 5.77. The van der Waals surface area contributed by atoms with E-state index in [-0.39, 0.29) is 11.4 Å². The van der Waals surface area contributed by atoms with Crippen LogP contribution in [0.15, 0.2) is 0 Å².